The summed E-state index contributed by atoms with van der Waals surface area (Å²) in [5, 5.41) is 23.5. The molecule has 0 saturated heterocycles. The van der Waals surface area contributed by atoms with Crippen LogP contribution in [0.25, 0.3) is 0 Å². The van der Waals surface area contributed by atoms with Gasteiger partial charge in [0.15, 0.2) is 0 Å². The summed E-state index contributed by atoms with van der Waals surface area (Å²) in [4.78, 5) is 0. The van der Waals surface area contributed by atoms with E-state index in [4.69, 9.17) is 4.74 Å². The number of hydrogen-bond donors (Lipinski definition) is 3. The molecule has 4 nitrogen and oxygen atoms in total. The number of rotatable bonds is 8. The summed E-state index contributed by atoms with van der Waals surface area (Å²) >= 11 is 0. The smallest absolute Gasteiger partial charge is 0.123 e. The van der Waals surface area contributed by atoms with Crippen LogP contribution in [0, 0.1) is 5.82 Å². The summed E-state index contributed by atoms with van der Waals surface area (Å²) in [5.74, 6) is 0.457. The van der Waals surface area contributed by atoms with Crippen LogP contribution < -0.4 is 10.1 Å². The van der Waals surface area contributed by atoms with Crippen molar-refractivity contribution in [3.63, 3.8) is 0 Å². The van der Waals surface area contributed by atoms with Gasteiger partial charge in [0.25, 0.3) is 0 Å². The molecular weight excluding hydrogens is 309 g/mol. The van der Waals surface area contributed by atoms with E-state index >= 15 is 0 Å². The van der Waals surface area contributed by atoms with E-state index in [-0.39, 0.29) is 17.6 Å². The van der Waals surface area contributed by atoms with Gasteiger partial charge in [-0.1, -0.05) is 25.1 Å². The fraction of sp³-hybridized carbons (Fsp3) is 0.368. The topological polar surface area (TPSA) is 61.7 Å². The van der Waals surface area contributed by atoms with E-state index in [0.29, 0.717) is 24.5 Å². The number of halogens is 1. The van der Waals surface area contributed by atoms with Crippen molar-refractivity contribution in [1.82, 2.24) is 5.32 Å². The largest absolute Gasteiger partial charge is 0.507 e. The molecule has 0 amide bonds. The monoisotopic (exact) mass is 333 g/mol. The second kappa shape index (κ2) is 8.66. The number of benzene rings is 2. The molecule has 2 atom stereocenters. The number of phenols is 1. The van der Waals surface area contributed by atoms with Gasteiger partial charge in [0.2, 0.25) is 0 Å². The van der Waals surface area contributed by atoms with Crippen molar-refractivity contribution in [2.45, 2.75) is 39.0 Å². The van der Waals surface area contributed by atoms with Gasteiger partial charge >= 0.3 is 0 Å². The Morgan fingerprint density at radius 1 is 1.17 bits per heavy atom. The summed E-state index contributed by atoms with van der Waals surface area (Å²) < 4.78 is 18.4. The molecule has 0 bridgehead atoms. The van der Waals surface area contributed by atoms with Gasteiger partial charge in [0, 0.05) is 24.2 Å². The summed E-state index contributed by atoms with van der Waals surface area (Å²) in [6.07, 6.45) is 0.142. The molecule has 0 radical (unpaired) electrons. The van der Waals surface area contributed by atoms with Crippen molar-refractivity contribution in [2.24, 2.45) is 0 Å². The lowest BCUT2D eigenvalue weighted by molar-refractivity contribution is 0.135. The molecule has 3 N–H and O–H groups in total. The number of ether oxygens (including phenoxy) is 1. The van der Waals surface area contributed by atoms with Crippen molar-refractivity contribution in [3.05, 3.63) is 59.4 Å². The number of hydrogen-bond acceptors (Lipinski definition) is 4. The Bertz CT molecular complexity index is 646. The van der Waals surface area contributed by atoms with Crippen LogP contribution in [0.5, 0.6) is 11.5 Å². The van der Waals surface area contributed by atoms with Crippen LogP contribution in [0.3, 0.4) is 0 Å². The Balaban J connectivity index is 1.93. The fourth-order valence-electron chi connectivity index (χ4n) is 2.33. The van der Waals surface area contributed by atoms with Crippen LogP contribution in [0.15, 0.2) is 42.5 Å². The maximum Gasteiger partial charge on any atom is 0.123 e. The minimum absolute atomic E-state index is 0.152. The number of aromatic hydroxyl groups is 1. The molecule has 24 heavy (non-hydrogen) atoms. The lowest BCUT2D eigenvalue weighted by atomic mass is 10.0. The van der Waals surface area contributed by atoms with Crippen molar-refractivity contribution < 1.29 is 19.3 Å². The fourth-order valence-corrected chi connectivity index (χ4v) is 2.33. The van der Waals surface area contributed by atoms with Crippen molar-refractivity contribution in [2.75, 3.05) is 6.61 Å². The van der Waals surface area contributed by atoms with Crippen LogP contribution in [0.4, 0.5) is 4.39 Å². The highest BCUT2D eigenvalue weighted by atomic mass is 19.1. The van der Waals surface area contributed by atoms with Crippen LogP contribution >= 0.6 is 0 Å². The van der Waals surface area contributed by atoms with Gasteiger partial charge in [-0.2, -0.15) is 0 Å². The standard InChI is InChI=1S/C19H24FNO3/c1-3-10-24-17-9-6-15(18(22)11-17)12-21-13(2)19(23)14-4-7-16(20)8-5-14/h4-9,11,13,19,21-23H,3,10,12H2,1-2H3. The Kier molecular flexibility index (Phi) is 6.58. The van der Waals surface area contributed by atoms with Gasteiger partial charge < -0.3 is 20.3 Å². The second-order valence-corrected chi connectivity index (χ2v) is 5.80. The van der Waals surface area contributed by atoms with Crippen LogP contribution in [0.2, 0.25) is 0 Å². The van der Waals surface area contributed by atoms with Crippen LogP contribution in [0.1, 0.15) is 37.5 Å². The van der Waals surface area contributed by atoms with E-state index in [2.05, 4.69) is 5.32 Å². The molecule has 2 aromatic carbocycles. The highest BCUT2D eigenvalue weighted by Crippen LogP contribution is 2.24. The first-order valence-electron chi connectivity index (χ1n) is 8.13. The van der Waals surface area contributed by atoms with E-state index in [0.717, 1.165) is 12.0 Å². The molecule has 0 saturated carbocycles. The normalized spacial score (nSPS) is 13.5. The predicted octanol–water partition coefficient (Wildman–Crippen LogP) is 3.53. The van der Waals surface area contributed by atoms with E-state index in [1.165, 1.54) is 12.1 Å². The van der Waals surface area contributed by atoms with E-state index in [9.17, 15) is 14.6 Å². The average molecular weight is 333 g/mol. The lowest BCUT2D eigenvalue weighted by Gasteiger charge is -2.21. The molecule has 2 rings (SSSR count). The van der Waals surface area contributed by atoms with Crippen molar-refractivity contribution in [3.8, 4) is 11.5 Å². The number of aliphatic hydroxyl groups is 1. The van der Waals surface area contributed by atoms with Gasteiger partial charge in [-0.15, -0.1) is 0 Å². The van der Waals surface area contributed by atoms with Gasteiger partial charge in [-0.25, -0.2) is 4.39 Å². The Morgan fingerprint density at radius 3 is 2.50 bits per heavy atom. The Hall–Kier alpha value is -2.11. The first kappa shape index (κ1) is 18.2. The molecule has 0 aromatic heterocycles. The molecule has 0 aliphatic carbocycles. The minimum Gasteiger partial charge on any atom is -0.507 e. The second-order valence-electron chi connectivity index (χ2n) is 5.80. The first-order chi connectivity index (χ1) is 11.5. The molecule has 0 aliphatic rings. The van der Waals surface area contributed by atoms with Crippen molar-refractivity contribution >= 4 is 0 Å². The van der Waals surface area contributed by atoms with Gasteiger partial charge in [0.05, 0.1) is 12.7 Å². The number of phenolic OH excluding ortho intramolecular Hbond substituents is 1. The number of aliphatic hydroxyl groups excluding tert-OH is 1. The van der Waals surface area contributed by atoms with Gasteiger partial charge in [-0.3, -0.25) is 0 Å². The molecule has 130 valence electrons. The zero-order valence-electron chi connectivity index (χ0n) is 14.0. The molecular formula is C19H24FNO3. The quantitative estimate of drug-likeness (QED) is 0.691. The molecule has 0 aliphatic heterocycles. The summed E-state index contributed by atoms with van der Waals surface area (Å²) in [5.41, 5.74) is 1.36. The van der Waals surface area contributed by atoms with E-state index in [1.54, 1.807) is 24.3 Å². The minimum atomic E-state index is -0.764. The lowest BCUT2D eigenvalue weighted by Crippen LogP contribution is -2.31. The predicted molar refractivity (Wildman–Crippen MR) is 91.6 cm³/mol. The van der Waals surface area contributed by atoms with Crippen LogP contribution in [-0.2, 0) is 6.54 Å². The van der Waals surface area contributed by atoms with E-state index in [1.807, 2.05) is 19.9 Å². The summed E-state index contributed by atoms with van der Waals surface area (Å²) in [7, 11) is 0. The number of nitrogens with one attached hydrogen (secondary N) is 1. The summed E-state index contributed by atoms with van der Waals surface area (Å²) in [6.45, 7) is 4.87. The summed E-state index contributed by atoms with van der Waals surface area (Å²) in [6, 6.07) is 10.7. The Morgan fingerprint density at radius 2 is 1.88 bits per heavy atom. The van der Waals surface area contributed by atoms with Gasteiger partial charge in [0.1, 0.15) is 17.3 Å². The first-order valence-corrected chi connectivity index (χ1v) is 8.13. The van der Waals surface area contributed by atoms with Crippen LogP contribution in [-0.4, -0.2) is 22.9 Å². The maximum atomic E-state index is 12.9. The third-order valence-corrected chi connectivity index (χ3v) is 3.83. The zero-order valence-corrected chi connectivity index (χ0v) is 14.0. The molecule has 0 heterocycles. The molecule has 2 aromatic rings. The highest BCUT2D eigenvalue weighted by Gasteiger charge is 2.16. The zero-order chi connectivity index (χ0) is 17.5. The molecule has 0 spiro atoms. The molecule has 5 heteroatoms. The molecule has 0 fully saturated rings. The maximum absolute atomic E-state index is 12.9. The average Bonchev–Trinajstić information content (AvgIpc) is 2.59. The highest BCUT2D eigenvalue weighted by molar-refractivity contribution is 5.39. The van der Waals surface area contributed by atoms with E-state index < -0.39 is 6.10 Å². The third-order valence-electron chi connectivity index (χ3n) is 3.83. The SMILES string of the molecule is CCCOc1ccc(CNC(C)C(O)c2ccc(F)cc2)c(O)c1. The Labute approximate surface area is 141 Å². The molecule has 2 unspecified atom stereocenters. The van der Waals surface area contributed by atoms with Gasteiger partial charge in [-0.05, 0) is 37.1 Å². The van der Waals surface area contributed by atoms with Crippen molar-refractivity contribution in [1.29, 1.82) is 0 Å². The third kappa shape index (κ3) is 4.94.